The molecule has 0 spiro atoms. The third-order valence-corrected chi connectivity index (χ3v) is 3.68. The molecule has 1 unspecified atom stereocenters. The van der Waals surface area contributed by atoms with Crippen molar-refractivity contribution in [2.75, 3.05) is 7.05 Å². The molecule has 0 saturated carbocycles. The molecule has 0 radical (unpaired) electrons. The van der Waals surface area contributed by atoms with Gasteiger partial charge in [-0.05, 0) is 43.4 Å². The van der Waals surface area contributed by atoms with Crippen molar-refractivity contribution in [1.29, 1.82) is 0 Å². The van der Waals surface area contributed by atoms with Crippen LogP contribution in [0.3, 0.4) is 0 Å². The molecular weight excluding hydrogens is 234 g/mol. The first-order valence-electron chi connectivity index (χ1n) is 7.55. The fourth-order valence-electron chi connectivity index (χ4n) is 2.73. The minimum atomic E-state index is 0.468. The van der Waals surface area contributed by atoms with Crippen LogP contribution < -0.4 is 5.32 Å². The molecule has 1 aromatic rings. The van der Waals surface area contributed by atoms with Gasteiger partial charge in [-0.25, -0.2) is 0 Å². The Bertz CT molecular complexity index is 374. The van der Waals surface area contributed by atoms with Gasteiger partial charge in [0.05, 0.1) is 0 Å². The van der Waals surface area contributed by atoms with E-state index in [-0.39, 0.29) is 0 Å². The van der Waals surface area contributed by atoms with Crippen molar-refractivity contribution in [2.45, 2.75) is 58.9 Å². The summed E-state index contributed by atoms with van der Waals surface area (Å²) in [6.07, 6.45) is 4.70. The molecule has 0 aliphatic heterocycles. The first kappa shape index (κ1) is 16.0. The topological polar surface area (TPSA) is 32.3 Å². The van der Waals surface area contributed by atoms with E-state index in [9.17, 15) is 5.11 Å². The maximum Gasteiger partial charge on any atom is 0.119 e. The van der Waals surface area contributed by atoms with Crippen LogP contribution >= 0.6 is 0 Å². The molecule has 19 heavy (non-hydrogen) atoms. The molecule has 1 atom stereocenters. The predicted octanol–water partition coefficient (Wildman–Crippen LogP) is 4.43. The second kappa shape index (κ2) is 8.21. The summed E-state index contributed by atoms with van der Waals surface area (Å²) in [5.41, 5.74) is 2.41. The van der Waals surface area contributed by atoms with Crippen LogP contribution in [0, 0.1) is 5.92 Å². The van der Waals surface area contributed by atoms with Gasteiger partial charge in [0.2, 0.25) is 0 Å². The Balaban J connectivity index is 2.98. The van der Waals surface area contributed by atoms with Gasteiger partial charge in [0.1, 0.15) is 5.75 Å². The second-order valence-corrected chi connectivity index (χ2v) is 5.84. The zero-order valence-corrected chi connectivity index (χ0v) is 12.9. The van der Waals surface area contributed by atoms with Crippen molar-refractivity contribution < 1.29 is 5.11 Å². The van der Waals surface area contributed by atoms with Gasteiger partial charge in [-0.3, -0.25) is 0 Å². The Labute approximate surface area is 118 Å². The number of phenols is 1. The third kappa shape index (κ3) is 4.87. The van der Waals surface area contributed by atoms with Crippen LogP contribution in [0.25, 0.3) is 0 Å². The molecule has 0 fully saturated rings. The van der Waals surface area contributed by atoms with E-state index in [1.54, 1.807) is 0 Å². The van der Waals surface area contributed by atoms with E-state index in [2.05, 4.69) is 32.2 Å². The highest BCUT2D eigenvalue weighted by Gasteiger charge is 2.18. The van der Waals surface area contributed by atoms with Gasteiger partial charge in [0.25, 0.3) is 0 Å². The van der Waals surface area contributed by atoms with Crippen LogP contribution in [-0.2, 0) is 6.54 Å². The molecule has 0 aliphatic carbocycles. The summed E-state index contributed by atoms with van der Waals surface area (Å²) in [7, 11) is 1.96. The minimum Gasteiger partial charge on any atom is -0.508 e. The molecule has 0 aliphatic rings. The zero-order chi connectivity index (χ0) is 14.3. The van der Waals surface area contributed by atoms with E-state index in [0.717, 1.165) is 25.3 Å². The SMILES string of the molecule is CCCC(CCC(C)C)c1c(O)cccc1CNC. The Kier molecular flexibility index (Phi) is 6.93. The number of phenolic OH excluding ortho intramolecular Hbond substituents is 1. The van der Waals surface area contributed by atoms with Crippen molar-refractivity contribution in [3.05, 3.63) is 29.3 Å². The van der Waals surface area contributed by atoms with Crippen LogP contribution in [0.4, 0.5) is 0 Å². The Morgan fingerprint density at radius 3 is 2.47 bits per heavy atom. The number of nitrogens with one attached hydrogen (secondary N) is 1. The van der Waals surface area contributed by atoms with Crippen molar-refractivity contribution in [1.82, 2.24) is 5.32 Å². The van der Waals surface area contributed by atoms with Gasteiger partial charge < -0.3 is 10.4 Å². The smallest absolute Gasteiger partial charge is 0.119 e. The quantitative estimate of drug-likeness (QED) is 0.727. The van der Waals surface area contributed by atoms with E-state index >= 15 is 0 Å². The predicted molar refractivity (Wildman–Crippen MR) is 82.6 cm³/mol. The van der Waals surface area contributed by atoms with Gasteiger partial charge in [-0.2, -0.15) is 0 Å². The average Bonchev–Trinajstić information content (AvgIpc) is 2.36. The largest absolute Gasteiger partial charge is 0.508 e. The van der Waals surface area contributed by atoms with Crippen molar-refractivity contribution in [2.24, 2.45) is 5.92 Å². The summed E-state index contributed by atoms with van der Waals surface area (Å²) in [6.45, 7) is 7.58. The van der Waals surface area contributed by atoms with E-state index in [4.69, 9.17) is 0 Å². The molecule has 2 heteroatoms. The molecule has 1 rings (SSSR count). The molecule has 0 amide bonds. The van der Waals surface area contributed by atoms with Crippen molar-refractivity contribution in [3.63, 3.8) is 0 Å². The molecule has 0 bridgehead atoms. The van der Waals surface area contributed by atoms with Crippen LogP contribution in [0.15, 0.2) is 18.2 Å². The number of rotatable bonds is 8. The van der Waals surface area contributed by atoms with Gasteiger partial charge in [0, 0.05) is 12.1 Å². The fourth-order valence-corrected chi connectivity index (χ4v) is 2.73. The van der Waals surface area contributed by atoms with Gasteiger partial charge >= 0.3 is 0 Å². The normalized spacial score (nSPS) is 12.9. The molecule has 108 valence electrons. The lowest BCUT2D eigenvalue weighted by Gasteiger charge is -2.22. The highest BCUT2D eigenvalue weighted by molar-refractivity contribution is 5.42. The van der Waals surface area contributed by atoms with E-state index in [1.807, 2.05) is 19.2 Å². The zero-order valence-electron chi connectivity index (χ0n) is 12.9. The Morgan fingerprint density at radius 2 is 1.89 bits per heavy atom. The summed E-state index contributed by atoms with van der Waals surface area (Å²) < 4.78 is 0. The Hall–Kier alpha value is -1.02. The standard InChI is InChI=1S/C17H29NO/c1-5-7-14(11-10-13(2)3)17-15(12-18-4)8-6-9-16(17)19/h6,8-9,13-14,18-19H,5,7,10-12H2,1-4H3. The van der Waals surface area contributed by atoms with Crippen LogP contribution in [0.1, 0.15) is 63.5 Å². The summed E-state index contributed by atoms with van der Waals surface area (Å²) in [5.74, 6) is 1.67. The first-order valence-corrected chi connectivity index (χ1v) is 7.55. The molecule has 0 saturated heterocycles. The molecular formula is C17H29NO. The maximum absolute atomic E-state index is 10.3. The monoisotopic (exact) mass is 263 g/mol. The van der Waals surface area contributed by atoms with Gasteiger partial charge in [0.15, 0.2) is 0 Å². The second-order valence-electron chi connectivity index (χ2n) is 5.84. The highest BCUT2D eigenvalue weighted by atomic mass is 16.3. The lowest BCUT2D eigenvalue weighted by molar-refractivity contribution is 0.432. The first-order chi connectivity index (χ1) is 9.10. The van der Waals surface area contributed by atoms with Crippen molar-refractivity contribution >= 4 is 0 Å². The number of aromatic hydroxyl groups is 1. The van der Waals surface area contributed by atoms with Crippen LogP contribution in [0.5, 0.6) is 5.75 Å². The molecule has 0 heterocycles. The Morgan fingerprint density at radius 1 is 1.16 bits per heavy atom. The van der Waals surface area contributed by atoms with Gasteiger partial charge in [-0.1, -0.05) is 45.7 Å². The van der Waals surface area contributed by atoms with Crippen LogP contribution in [0.2, 0.25) is 0 Å². The molecule has 1 aromatic carbocycles. The maximum atomic E-state index is 10.3. The lowest BCUT2D eigenvalue weighted by atomic mass is 9.85. The average molecular weight is 263 g/mol. The summed E-state index contributed by atoms with van der Waals surface area (Å²) >= 11 is 0. The summed E-state index contributed by atoms with van der Waals surface area (Å²) in [4.78, 5) is 0. The molecule has 2 N–H and O–H groups in total. The highest BCUT2D eigenvalue weighted by Crippen LogP contribution is 2.36. The minimum absolute atomic E-state index is 0.468. The lowest BCUT2D eigenvalue weighted by Crippen LogP contribution is -2.11. The molecule has 0 aromatic heterocycles. The van der Waals surface area contributed by atoms with E-state index in [0.29, 0.717) is 11.7 Å². The third-order valence-electron chi connectivity index (χ3n) is 3.68. The van der Waals surface area contributed by atoms with E-state index in [1.165, 1.54) is 24.0 Å². The van der Waals surface area contributed by atoms with Crippen molar-refractivity contribution in [3.8, 4) is 5.75 Å². The van der Waals surface area contributed by atoms with E-state index < -0.39 is 0 Å². The van der Waals surface area contributed by atoms with Crippen LogP contribution in [-0.4, -0.2) is 12.2 Å². The van der Waals surface area contributed by atoms with Gasteiger partial charge in [-0.15, -0.1) is 0 Å². The number of hydrogen-bond donors (Lipinski definition) is 2. The molecule has 2 nitrogen and oxygen atoms in total. The fraction of sp³-hybridized carbons (Fsp3) is 0.647. The number of benzene rings is 1. The number of hydrogen-bond acceptors (Lipinski definition) is 2. The summed E-state index contributed by atoms with van der Waals surface area (Å²) in [5, 5.41) is 13.5. The summed E-state index contributed by atoms with van der Waals surface area (Å²) in [6, 6.07) is 5.90.